The smallest absolute Gasteiger partial charge is 0.410 e. The van der Waals surface area contributed by atoms with Crippen LogP contribution in [0, 0.1) is 0 Å². The normalized spacial score (nSPS) is 18.4. The standard InChI is InChI=1S/C16H22N2O3/c1-16(2,3)21-15(20)18-8-7-13(10-18)12-5-4-6-14(9-12)17-11-19/h4-6,9,11,13H,7-8,10H2,1-3H3,(H,17,19). The Morgan fingerprint density at radius 1 is 1.43 bits per heavy atom. The maximum absolute atomic E-state index is 12.1. The van der Waals surface area contributed by atoms with Gasteiger partial charge in [0.15, 0.2) is 0 Å². The van der Waals surface area contributed by atoms with Gasteiger partial charge < -0.3 is 15.0 Å². The average molecular weight is 290 g/mol. The third-order valence-electron chi connectivity index (χ3n) is 3.42. The van der Waals surface area contributed by atoms with Gasteiger partial charge in [-0.2, -0.15) is 0 Å². The molecule has 1 saturated heterocycles. The van der Waals surface area contributed by atoms with Crippen LogP contribution in [0.25, 0.3) is 0 Å². The minimum absolute atomic E-state index is 0.257. The van der Waals surface area contributed by atoms with E-state index in [2.05, 4.69) is 5.32 Å². The maximum Gasteiger partial charge on any atom is 0.410 e. The molecular formula is C16H22N2O3. The fraction of sp³-hybridized carbons (Fsp3) is 0.500. The Hall–Kier alpha value is -2.04. The molecular weight excluding hydrogens is 268 g/mol. The fourth-order valence-corrected chi connectivity index (χ4v) is 2.48. The van der Waals surface area contributed by atoms with Gasteiger partial charge in [-0.05, 0) is 44.9 Å². The molecule has 0 spiro atoms. The van der Waals surface area contributed by atoms with Crippen molar-refractivity contribution in [1.82, 2.24) is 4.90 Å². The molecule has 21 heavy (non-hydrogen) atoms. The molecule has 2 amide bonds. The van der Waals surface area contributed by atoms with E-state index in [1.165, 1.54) is 0 Å². The van der Waals surface area contributed by atoms with Crippen molar-refractivity contribution < 1.29 is 14.3 Å². The highest BCUT2D eigenvalue weighted by atomic mass is 16.6. The van der Waals surface area contributed by atoms with Gasteiger partial charge in [0.1, 0.15) is 5.60 Å². The van der Waals surface area contributed by atoms with Crippen LogP contribution in [0.1, 0.15) is 38.7 Å². The summed E-state index contributed by atoms with van der Waals surface area (Å²) >= 11 is 0. The van der Waals surface area contributed by atoms with Gasteiger partial charge in [0, 0.05) is 24.7 Å². The lowest BCUT2D eigenvalue weighted by Gasteiger charge is -2.24. The monoisotopic (exact) mass is 290 g/mol. The fourth-order valence-electron chi connectivity index (χ4n) is 2.48. The lowest BCUT2D eigenvalue weighted by molar-refractivity contribution is -0.105. The number of carbonyl (C=O) groups excluding carboxylic acids is 2. The zero-order valence-corrected chi connectivity index (χ0v) is 12.8. The Labute approximate surface area is 125 Å². The van der Waals surface area contributed by atoms with Crippen LogP contribution in [0.3, 0.4) is 0 Å². The Bertz CT molecular complexity index is 522. The second-order valence-electron chi connectivity index (χ2n) is 6.30. The number of anilines is 1. The molecule has 0 saturated carbocycles. The Morgan fingerprint density at radius 3 is 2.86 bits per heavy atom. The van der Waals surface area contributed by atoms with E-state index in [1.54, 1.807) is 4.90 Å². The van der Waals surface area contributed by atoms with Gasteiger partial charge in [-0.3, -0.25) is 4.79 Å². The van der Waals surface area contributed by atoms with Crippen molar-refractivity contribution in [3.05, 3.63) is 29.8 Å². The third kappa shape index (κ3) is 4.21. The van der Waals surface area contributed by atoms with Crippen LogP contribution in [0.2, 0.25) is 0 Å². The molecule has 1 atom stereocenters. The SMILES string of the molecule is CC(C)(C)OC(=O)N1CCC(c2cccc(NC=O)c2)C1. The molecule has 1 aromatic carbocycles. The number of likely N-dealkylation sites (tertiary alicyclic amines) is 1. The molecule has 1 aliphatic rings. The first kappa shape index (κ1) is 15.4. The summed E-state index contributed by atoms with van der Waals surface area (Å²) in [6.45, 7) is 6.96. The highest BCUT2D eigenvalue weighted by Crippen LogP contribution is 2.29. The molecule has 1 N–H and O–H groups in total. The summed E-state index contributed by atoms with van der Waals surface area (Å²) in [6, 6.07) is 7.74. The van der Waals surface area contributed by atoms with E-state index in [-0.39, 0.29) is 12.0 Å². The topological polar surface area (TPSA) is 58.6 Å². The zero-order valence-electron chi connectivity index (χ0n) is 12.8. The van der Waals surface area contributed by atoms with Crippen molar-refractivity contribution in [2.24, 2.45) is 0 Å². The molecule has 1 aliphatic heterocycles. The Kier molecular flexibility index (Phi) is 4.50. The van der Waals surface area contributed by atoms with E-state index in [0.717, 1.165) is 17.7 Å². The van der Waals surface area contributed by atoms with E-state index in [1.807, 2.05) is 45.0 Å². The van der Waals surface area contributed by atoms with Gasteiger partial charge in [0.2, 0.25) is 6.41 Å². The van der Waals surface area contributed by atoms with Crippen molar-refractivity contribution in [2.45, 2.75) is 38.7 Å². The summed E-state index contributed by atoms with van der Waals surface area (Å²) in [5.41, 5.74) is 1.44. The van der Waals surface area contributed by atoms with Gasteiger partial charge in [0.25, 0.3) is 0 Å². The summed E-state index contributed by atoms with van der Waals surface area (Å²) in [5, 5.41) is 2.65. The van der Waals surface area contributed by atoms with Gasteiger partial charge >= 0.3 is 6.09 Å². The first-order valence-corrected chi connectivity index (χ1v) is 7.17. The van der Waals surface area contributed by atoms with Crippen LogP contribution in [0.15, 0.2) is 24.3 Å². The summed E-state index contributed by atoms with van der Waals surface area (Å²) < 4.78 is 5.40. The molecule has 1 heterocycles. The quantitative estimate of drug-likeness (QED) is 0.871. The first-order valence-electron chi connectivity index (χ1n) is 7.17. The van der Waals surface area contributed by atoms with Gasteiger partial charge in [0.05, 0.1) is 0 Å². The van der Waals surface area contributed by atoms with Crippen LogP contribution in [0.5, 0.6) is 0 Å². The average Bonchev–Trinajstić information content (AvgIpc) is 2.87. The number of ether oxygens (including phenoxy) is 1. The number of nitrogens with zero attached hydrogens (tertiary/aromatic N) is 1. The summed E-state index contributed by atoms with van der Waals surface area (Å²) in [6.07, 6.45) is 1.32. The number of carbonyl (C=O) groups is 2. The van der Waals surface area contributed by atoms with E-state index >= 15 is 0 Å². The molecule has 1 aromatic rings. The van der Waals surface area contributed by atoms with Crippen molar-refractivity contribution in [3.63, 3.8) is 0 Å². The van der Waals surface area contributed by atoms with Crippen molar-refractivity contribution in [3.8, 4) is 0 Å². The predicted molar refractivity (Wildman–Crippen MR) is 81.3 cm³/mol. The molecule has 1 fully saturated rings. The summed E-state index contributed by atoms with van der Waals surface area (Å²) in [4.78, 5) is 24.3. The minimum Gasteiger partial charge on any atom is -0.444 e. The van der Waals surface area contributed by atoms with E-state index in [9.17, 15) is 9.59 Å². The van der Waals surface area contributed by atoms with Crippen molar-refractivity contribution >= 4 is 18.2 Å². The van der Waals surface area contributed by atoms with E-state index in [0.29, 0.717) is 19.5 Å². The number of hydrogen-bond acceptors (Lipinski definition) is 3. The third-order valence-corrected chi connectivity index (χ3v) is 3.42. The lowest BCUT2D eigenvalue weighted by Crippen LogP contribution is -2.35. The van der Waals surface area contributed by atoms with Crippen LogP contribution < -0.4 is 5.32 Å². The molecule has 2 rings (SSSR count). The lowest BCUT2D eigenvalue weighted by atomic mass is 9.98. The molecule has 0 aromatic heterocycles. The van der Waals surface area contributed by atoms with E-state index < -0.39 is 5.60 Å². The first-order chi connectivity index (χ1) is 9.89. The van der Waals surface area contributed by atoms with Gasteiger partial charge in [-0.25, -0.2) is 4.79 Å². The van der Waals surface area contributed by atoms with Gasteiger partial charge in [-0.15, -0.1) is 0 Å². The number of amides is 2. The highest BCUT2D eigenvalue weighted by Gasteiger charge is 2.30. The van der Waals surface area contributed by atoms with Crippen molar-refractivity contribution in [2.75, 3.05) is 18.4 Å². The van der Waals surface area contributed by atoms with Crippen molar-refractivity contribution in [1.29, 1.82) is 0 Å². The van der Waals surface area contributed by atoms with Gasteiger partial charge in [-0.1, -0.05) is 12.1 Å². The second kappa shape index (κ2) is 6.16. The summed E-state index contributed by atoms with van der Waals surface area (Å²) in [5.74, 6) is 0.283. The molecule has 0 aliphatic carbocycles. The molecule has 0 bridgehead atoms. The molecule has 0 radical (unpaired) electrons. The number of nitrogens with one attached hydrogen (secondary N) is 1. The minimum atomic E-state index is -0.469. The van der Waals surface area contributed by atoms with E-state index in [4.69, 9.17) is 4.74 Å². The molecule has 1 unspecified atom stereocenters. The largest absolute Gasteiger partial charge is 0.444 e. The van der Waals surface area contributed by atoms with Crippen LogP contribution in [0.4, 0.5) is 10.5 Å². The van der Waals surface area contributed by atoms with Crippen LogP contribution in [-0.2, 0) is 9.53 Å². The van der Waals surface area contributed by atoms with Crippen LogP contribution in [-0.4, -0.2) is 36.1 Å². The molecule has 114 valence electrons. The highest BCUT2D eigenvalue weighted by molar-refractivity contribution is 5.71. The molecule has 5 nitrogen and oxygen atoms in total. The Balaban J connectivity index is 2.00. The number of benzene rings is 1. The molecule has 5 heteroatoms. The second-order valence-corrected chi connectivity index (χ2v) is 6.30. The zero-order chi connectivity index (χ0) is 15.5. The number of rotatable bonds is 3. The summed E-state index contributed by atoms with van der Waals surface area (Å²) in [7, 11) is 0. The number of hydrogen-bond donors (Lipinski definition) is 1. The predicted octanol–water partition coefficient (Wildman–Crippen LogP) is 2.98. The van der Waals surface area contributed by atoms with Crippen LogP contribution >= 0.6 is 0 Å². The Morgan fingerprint density at radius 2 is 2.19 bits per heavy atom. The maximum atomic E-state index is 12.1.